The molecule has 3 N–H and O–H groups in total. The molecule has 2 atom stereocenters. The highest BCUT2D eigenvalue weighted by Gasteiger charge is 2.39. The first-order chi connectivity index (χ1) is 12.0. The molecule has 0 saturated carbocycles. The fourth-order valence-electron chi connectivity index (χ4n) is 4.32. The van der Waals surface area contributed by atoms with Gasteiger partial charge >= 0.3 is 6.03 Å². The number of benzene rings is 1. The Morgan fingerprint density at radius 2 is 1.92 bits per heavy atom. The van der Waals surface area contributed by atoms with Gasteiger partial charge < -0.3 is 16.0 Å². The van der Waals surface area contributed by atoms with E-state index in [0.717, 1.165) is 31.5 Å². The molecule has 0 aliphatic carbocycles. The maximum Gasteiger partial charge on any atom is 0.321 e. The lowest BCUT2D eigenvalue weighted by Crippen LogP contribution is -2.45. The molecule has 136 valence electrons. The van der Waals surface area contributed by atoms with Crippen LogP contribution in [0.4, 0.5) is 10.5 Å². The van der Waals surface area contributed by atoms with E-state index in [4.69, 9.17) is 5.73 Å². The molecule has 2 aliphatic rings. The number of hydrogen-bond acceptors (Lipinski definition) is 3. The third-order valence-corrected chi connectivity index (χ3v) is 5.35. The zero-order valence-electron chi connectivity index (χ0n) is 15.1. The number of para-hydroxylation sites is 1. The topological polar surface area (TPSA) is 78.7 Å². The molecule has 2 heterocycles. The number of hydrogen-bond donors (Lipinski definition) is 2. The largest absolute Gasteiger partial charge is 0.369 e. The van der Waals surface area contributed by atoms with Gasteiger partial charge in [-0.25, -0.2) is 4.79 Å². The van der Waals surface area contributed by atoms with Crippen molar-refractivity contribution in [2.75, 3.05) is 18.4 Å². The Balaban J connectivity index is 1.69. The van der Waals surface area contributed by atoms with Crippen molar-refractivity contribution in [2.45, 2.75) is 57.7 Å². The number of nitrogens with two attached hydrogens (primary N) is 1. The highest BCUT2D eigenvalue weighted by molar-refractivity contribution is 5.91. The van der Waals surface area contributed by atoms with Crippen LogP contribution in [0.15, 0.2) is 24.3 Å². The number of likely N-dealkylation sites (tertiary alicyclic amines) is 1. The molecule has 2 saturated heterocycles. The van der Waals surface area contributed by atoms with Crippen molar-refractivity contribution in [3.8, 4) is 0 Å². The molecule has 1 aromatic carbocycles. The number of carbonyl (C=O) groups is 2. The lowest BCUT2D eigenvalue weighted by molar-refractivity contribution is -0.117. The molecule has 3 rings (SSSR count). The van der Waals surface area contributed by atoms with Crippen LogP contribution in [-0.4, -0.2) is 53.0 Å². The second-order valence-corrected chi connectivity index (χ2v) is 7.39. The van der Waals surface area contributed by atoms with Gasteiger partial charge in [-0.1, -0.05) is 18.2 Å². The fraction of sp³-hybridized carbons (Fsp3) is 0.579. The van der Waals surface area contributed by atoms with Crippen LogP contribution < -0.4 is 11.1 Å². The normalized spacial score (nSPS) is 23.6. The van der Waals surface area contributed by atoms with Crippen LogP contribution in [-0.2, 0) is 11.2 Å². The molecule has 2 bridgehead atoms. The molecule has 1 aromatic rings. The minimum absolute atomic E-state index is 0.0897. The molecule has 0 radical (unpaired) electrons. The summed E-state index contributed by atoms with van der Waals surface area (Å²) in [4.78, 5) is 28.5. The Bertz CT molecular complexity index is 646. The first kappa shape index (κ1) is 17.7. The lowest BCUT2D eigenvalue weighted by Gasteiger charge is -2.32. The van der Waals surface area contributed by atoms with Gasteiger partial charge in [0, 0.05) is 36.9 Å². The van der Waals surface area contributed by atoms with Crippen LogP contribution in [0.1, 0.15) is 38.7 Å². The van der Waals surface area contributed by atoms with Crippen LogP contribution in [0.5, 0.6) is 0 Å². The van der Waals surface area contributed by atoms with Crippen molar-refractivity contribution in [2.24, 2.45) is 5.73 Å². The molecule has 0 aromatic heterocycles. The van der Waals surface area contributed by atoms with Crippen LogP contribution in [0.2, 0.25) is 0 Å². The Kier molecular flexibility index (Phi) is 5.27. The number of nitrogens with zero attached hydrogens (tertiary/aromatic N) is 2. The second-order valence-electron chi connectivity index (χ2n) is 7.39. The Hall–Kier alpha value is -2.08. The van der Waals surface area contributed by atoms with Crippen LogP contribution in [0, 0.1) is 0 Å². The summed E-state index contributed by atoms with van der Waals surface area (Å²) < 4.78 is 0. The zero-order valence-corrected chi connectivity index (χ0v) is 15.1. The number of urea groups is 1. The molecule has 3 amide bonds. The summed E-state index contributed by atoms with van der Waals surface area (Å²) in [5, 5.41) is 2.98. The SMILES string of the molecule is CC(C)N1C2CCC1CN(C(=O)Nc1ccccc1CC(N)=O)CC2. The third-order valence-electron chi connectivity index (χ3n) is 5.35. The van der Waals surface area contributed by atoms with Gasteiger partial charge in [-0.2, -0.15) is 0 Å². The molecule has 6 heteroatoms. The number of amides is 3. The van der Waals surface area contributed by atoms with Gasteiger partial charge in [-0.05, 0) is 44.7 Å². The third kappa shape index (κ3) is 3.95. The van der Waals surface area contributed by atoms with Gasteiger partial charge in [0.15, 0.2) is 0 Å². The molecule has 0 spiro atoms. The van der Waals surface area contributed by atoms with Gasteiger partial charge in [0.2, 0.25) is 5.91 Å². The van der Waals surface area contributed by atoms with Gasteiger partial charge in [-0.3, -0.25) is 9.69 Å². The monoisotopic (exact) mass is 344 g/mol. The van der Waals surface area contributed by atoms with Crippen LogP contribution in [0.3, 0.4) is 0 Å². The molecular weight excluding hydrogens is 316 g/mol. The van der Waals surface area contributed by atoms with E-state index in [-0.39, 0.29) is 12.5 Å². The highest BCUT2D eigenvalue weighted by Crippen LogP contribution is 2.32. The maximum absolute atomic E-state index is 12.8. The van der Waals surface area contributed by atoms with E-state index >= 15 is 0 Å². The van der Waals surface area contributed by atoms with E-state index in [9.17, 15) is 9.59 Å². The zero-order chi connectivity index (χ0) is 18.0. The highest BCUT2D eigenvalue weighted by atomic mass is 16.2. The van der Waals surface area contributed by atoms with E-state index in [1.807, 2.05) is 29.2 Å². The first-order valence-electron chi connectivity index (χ1n) is 9.15. The van der Waals surface area contributed by atoms with Crippen molar-refractivity contribution in [1.29, 1.82) is 0 Å². The van der Waals surface area contributed by atoms with Crippen molar-refractivity contribution in [3.05, 3.63) is 29.8 Å². The quantitative estimate of drug-likeness (QED) is 0.879. The van der Waals surface area contributed by atoms with Crippen molar-refractivity contribution in [3.63, 3.8) is 0 Å². The predicted molar refractivity (Wildman–Crippen MR) is 98.3 cm³/mol. The number of nitrogens with one attached hydrogen (secondary N) is 1. The Morgan fingerprint density at radius 1 is 1.20 bits per heavy atom. The fourth-order valence-corrected chi connectivity index (χ4v) is 4.32. The van der Waals surface area contributed by atoms with E-state index in [1.54, 1.807) is 0 Å². The van der Waals surface area contributed by atoms with Crippen molar-refractivity contribution >= 4 is 17.6 Å². The van der Waals surface area contributed by atoms with E-state index in [2.05, 4.69) is 24.1 Å². The smallest absolute Gasteiger partial charge is 0.321 e. The predicted octanol–water partition coefficient (Wildman–Crippen LogP) is 2.19. The van der Waals surface area contributed by atoms with Crippen LogP contribution in [0.25, 0.3) is 0 Å². The van der Waals surface area contributed by atoms with Crippen molar-refractivity contribution in [1.82, 2.24) is 9.80 Å². The van der Waals surface area contributed by atoms with Gasteiger partial charge in [0.1, 0.15) is 0 Å². The summed E-state index contributed by atoms with van der Waals surface area (Å²) in [5.41, 5.74) is 6.73. The standard InChI is InChI=1S/C19H28N4O2/c1-13(2)23-15-7-8-16(23)12-22(10-9-15)19(25)21-17-6-4-3-5-14(17)11-18(20)24/h3-6,13,15-16H,7-12H2,1-2H3,(H2,20,24)(H,21,25). The average molecular weight is 344 g/mol. The molecule has 2 fully saturated rings. The van der Waals surface area contributed by atoms with E-state index in [0.29, 0.717) is 23.8 Å². The minimum atomic E-state index is -0.402. The Morgan fingerprint density at radius 3 is 2.64 bits per heavy atom. The number of primary amides is 1. The summed E-state index contributed by atoms with van der Waals surface area (Å²) >= 11 is 0. The first-order valence-corrected chi connectivity index (χ1v) is 9.15. The molecule has 25 heavy (non-hydrogen) atoms. The summed E-state index contributed by atoms with van der Waals surface area (Å²) in [6.07, 6.45) is 3.54. The van der Waals surface area contributed by atoms with E-state index < -0.39 is 5.91 Å². The second kappa shape index (κ2) is 7.44. The summed E-state index contributed by atoms with van der Waals surface area (Å²) in [7, 11) is 0. The van der Waals surface area contributed by atoms with E-state index in [1.165, 1.54) is 6.42 Å². The average Bonchev–Trinajstić information content (AvgIpc) is 2.83. The molecule has 6 nitrogen and oxygen atoms in total. The number of rotatable bonds is 4. The van der Waals surface area contributed by atoms with Crippen molar-refractivity contribution < 1.29 is 9.59 Å². The van der Waals surface area contributed by atoms with Crippen LogP contribution >= 0.6 is 0 Å². The number of fused-ring (bicyclic) bond motifs is 2. The maximum atomic E-state index is 12.8. The van der Waals surface area contributed by atoms with Gasteiger partial charge in [0.05, 0.1) is 6.42 Å². The summed E-state index contributed by atoms with van der Waals surface area (Å²) in [6, 6.07) is 8.80. The molecular formula is C19H28N4O2. The summed E-state index contributed by atoms with van der Waals surface area (Å²) in [5.74, 6) is -0.402. The van der Waals surface area contributed by atoms with Gasteiger partial charge in [0.25, 0.3) is 0 Å². The lowest BCUT2D eigenvalue weighted by atomic mass is 10.1. The Labute approximate surface area is 149 Å². The van der Waals surface area contributed by atoms with Gasteiger partial charge in [-0.15, -0.1) is 0 Å². The number of carbonyl (C=O) groups excluding carboxylic acids is 2. The summed E-state index contributed by atoms with van der Waals surface area (Å²) in [6.45, 7) is 6.01. The molecule has 2 aliphatic heterocycles. The minimum Gasteiger partial charge on any atom is -0.369 e. The molecule has 2 unspecified atom stereocenters. The number of anilines is 1.